The van der Waals surface area contributed by atoms with Crippen molar-refractivity contribution in [2.45, 2.75) is 31.3 Å². The van der Waals surface area contributed by atoms with E-state index in [1.807, 2.05) is 0 Å². The molecule has 1 unspecified atom stereocenters. The highest BCUT2D eigenvalue weighted by Crippen LogP contribution is 2.20. The van der Waals surface area contributed by atoms with Crippen LogP contribution >= 0.6 is 0 Å². The molecule has 70 valence electrons. The van der Waals surface area contributed by atoms with Gasteiger partial charge in [0.05, 0.1) is 6.10 Å². The molecule has 0 aromatic rings. The van der Waals surface area contributed by atoms with Gasteiger partial charge in [0.25, 0.3) is 0 Å². The van der Waals surface area contributed by atoms with Crippen molar-refractivity contribution >= 4 is 5.97 Å². The summed E-state index contributed by atoms with van der Waals surface area (Å²) in [7, 11) is 1.31. The molecule has 1 heterocycles. The summed E-state index contributed by atoms with van der Waals surface area (Å²) in [6.07, 6.45) is -3.81. The van der Waals surface area contributed by atoms with Gasteiger partial charge in [0, 0.05) is 7.11 Å². The Hall–Kier alpha value is -0.650. The third-order valence-corrected chi connectivity index (χ3v) is 1.86. The van der Waals surface area contributed by atoms with Crippen molar-refractivity contribution in [3.63, 3.8) is 0 Å². The molecule has 1 aliphatic heterocycles. The number of carbonyl (C=O) groups excluding carboxylic acids is 1. The maximum absolute atomic E-state index is 10.9. The van der Waals surface area contributed by atoms with E-state index in [1.54, 1.807) is 0 Å². The molecule has 0 aromatic carbocycles. The molecule has 2 N–H and O–H groups in total. The largest absolute Gasteiger partial charge is 0.455 e. The molecular weight excluding hydrogens is 164 g/mol. The molecule has 1 saturated heterocycles. The zero-order valence-corrected chi connectivity index (χ0v) is 6.93. The number of esters is 1. The smallest absolute Gasteiger partial charge is 0.338 e. The summed E-state index contributed by atoms with van der Waals surface area (Å²) in [5.74, 6) is -0.629. The van der Waals surface area contributed by atoms with Gasteiger partial charge in [-0.15, -0.1) is 0 Å². The topological polar surface area (TPSA) is 76.0 Å². The van der Waals surface area contributed by atoms with E-state index in [-0.39, 0.29) is 0 Å². The monoisotopic (exact) mass is 176 g/mol. The predicted octanol–water partition coefficient (Wildman–Crippen LogP) is -1.33. The SMILES string of the molecule is CO[C@@H]1C(=O)O[C@@H](C(C)O)[C@H]1O. The maximum atomic E-state index is 10.9. The van der Waals surface area contributed by atoms with Crippen LogP contribution in [-0.4, -0.2) is 47.7 Å². The summed E-state index contributed by atoms with van der Waals surface area (Å²) in [6, 6.07) is 0. The highest BCUT2D eigenvalue weighted by atomic mass is 16.6. The molecule has 0 radical (unpaired) electrons. The Morgan fingerprint density at radius 2 is 2.25 bits per heavy atom. The third-order valence-electron chi connectivity index (χ3n) is 1.86. The van der Waals surface area contributed by atoms with Crippen LogP contribution in [0.3, 0.4) is 0 Å². The Morgan fingerprint density at radius 3 is 2.50 bits per heavy atom. The maximum Gasteiger partial charge on any atom is 0.338 e. The predicted molar refractivity (Wildman–Crippen MR) is 38.4 cm³/mol. The zero-order chi connectivity index (χ0) is 9.30. The van der Waals surface area contributed by atoms with E-state index in [9.17, 15) is 9.90 Å². The van der Waals surface area contributed by atoms with Crippen LogP contribution < -0.4 is 0 Å². The minimum Gasteiger partial charge on any atom is -0.455 e. The van der Waals surface area contributed by atoms with Crippen molar-refractivity contribution in [2.75, 3.05) is 7.11 Å². The van der Waals surface area contributed by atoms with Crippen LogP contribution in [0, 0.1) is 0 Å². The second-order valence-corrected chi connectivity index (χ2v) is 2.79. The van der Waals surface area contributed by atoms with Crippen LogP contribution in [0.25, 0.3) is 0 Å². The molecule has 1 rings (SSSR count). The number of cyclic esters (lactones) is 1. The Kier molecular flexibility index (Phi) is 2.66. The average molecular weight is 176 g/mol. The summed E-state index contributed by atoms with van der Waals surface area (Å²) < 4.78 is 9.36. The molecule has 5 heteroatoms. The first-order valence-electron chi connectivity index (χ1n) is 3.67. The number of hydrogen-bond acceptors (Lipinski definition) is 5. The van der Waals surface area contributed by atoms with Gasteiger partial charge < -0.3 is 19.7 Å². The van der Waals surface area contributed by atoms with E-state index in [1.165, 1.54) is 14.0 Å². The van der Waals surface area contributed by atoms with Gasteiger partial charge in [0.2, 0.25) is 0 Å². The van der Waals surface area contributed by atoms with Gasteiger partial charge in [-0.05, 0) is 6.92 Å². The first-order chi connectivity index (χ1) is 5.57. The summed E-state index contributed by atoms with van der Waals surface area (Å²) in [4.78, 5) is 10.9. The molecule has 0 aliphatic carbocycles. The Morgan fingerprint density at radius 1 is 1.67 bits per heavy atom. The summed E-state index contributed by atoms with van der Waals surface area (Å²) in [6.45, 7) is 1.44. The molecule has 0 spiro atoms. The quantitative estimate of drug-likeness (QED) is 0.510. The normalized spacial score (nSPS) is 38.0. The van der Waals surface area contributed by atoms with Gasteiger partial charge in [-0.1, -0.05) is 0 Å². The number of aliphatic hydroxyl groups is 2. The number of ether oxygens (including phenoxy) is 2. The lowest BCUT2D eigenvalue weighted by Crippen LogP contribution is -2.38. The van der Waals surface area contributed by atoms with Crippen LogP contribution in [0.15, 0.2) is 0 Å². The molecule has 0 amide bonds. The fourth-order valence-electron chi connectivity index (χ4n) is 1.20. The number of carbonyl (C=O) groups is 1. The van der Waals surface area contributed by atoms with Crippen LogP contribution in [0.2, 0.25) is 0 Å². The van der Waals surface area contributed by atoms with E-state index < -0.39 is 30.4 Å². The number of hydrogen-bond donors (Lipinski definition) is 2. The Balaban J connectivity index is 2.68. The Labute approximate surface area is 69.9 Å². The van der Waals surface area contributed by atoms with E-state index in [2.05, 4.69) is 9.47 Å². The van der Waals surface area contributed by atoms with Crippen molar-refractivity contribution in [1.29, 1.82) is 0 Å². The van der Waals surface area contributed by atoms with Crippen molar-refractivity contribution in [2.24, 2.45) is 0 Å². The van der Waals surface area contributed by atoms with Gasteiger partial charge in [0.1, 0.15) is 6.10 Å². The fourth-order valence-corrected chi connectivity index (χ4v) is 1.20. The molecule has 0 bridgehead atoms. The molecule has 1 aliphatic rings. The molecule has 0 aromatic heterocycles. The van der Waals surface area contributed by atoms with Crippen LogP contribution in [0.1, 0.15) is 6.92 Å². The van der Waals surface area contributed by atoms with Gasteiger partial charge in [-0.3, -0.25) is 0 Å². The van der Waals surface area contributed by atoms with E-state index in [0.717, 1.165) is 0 Å². The number of aliphatic hydroxyl groups excluding tert-OH is 2. The van der Waals surface area contributed by atoms with Gasteiger partial charge in [-0.25, -0.2) is 4.79 Å². The summed E-state index contributed by atoms with van der Waals surface area (Å²) in [5.41, 5.74) is 0. The second-order valence-electron chi connectivity index (χ2n) is 2.79. The molecular formula is C7H12O5. The Bertz CT molecular complexity index is 179. The standard InChI is InChI=1S/C7H12O5/c1-3(8)5-4(9)6(11-2)7(10)12-5/h3-6,8-9H,1-2H3/t3?,4-,5+,6+/m1/s1. The van der Waals surface area contributed by atoms with Gasteiger partial charge in [-0.2, -0.15) is 0 Å². The van der Waals surface area contributed by atoms with E-state index in [0.29, 0.717) is 0 Å². The molecule has 12 heavy (non-hydrogen) atoms. The molecule has 4 atom stereocenters. The van der Waals surface area contributed by atoms with Crippen molar-refractivity contribution in [3.05, 3.63) is 0 Å². The average Bonchev–Trinajstić information content (AvgIpc) is 2.27. The van der Waals surface area contributed by atoms with Crippen LogP contribution in [0.4, 0.5) is 0 Å². The first kappa shape index (κ1) is 9.44. The van der Waals surface area contributed by atoms with E-state index in [4.69, 9.17) is 5.11 Å². The molecule has 1 fully saturated rings. The fraction of sp³-hybridized carbons (Fsp3) is 0.857. The minimum absolute atomic E-state index is 0.629. The lowest BCUT2D eigenvalue weighted by molar-refractivity contribution is -0.151. The lowest BCUT2D eigenvalue weighted by Gasteiger charge is -2.16. The molecule has 0 saturated carbocycles. The highest BCUT2D eigenvalue weighted by Gasteiger charge is 2.46. The minimum atomic E-state index is -1.08. The van der Waals surface area contributed by atoms with Gasteiger partial charge in [0.15, 0.2) is 12.2 Å². The summed E-state index contributed by atoms with van der Waals surface area (Å²) >= 11 is 0. The van der Waals surface area contributed by atoms with Gasteiger partial charge >= 0.3 is 5.97 Å². The third kappa shape index (κ3) is 1.43. The molecule has 5 nitrogen and oxygen atoms in total. The van der Waals surface area contributed by atoms with Crippen molar-refractivity contribution in [1.82, 2.24) is 0 Å². The van der Waals surface area contributed by atoms with Crippen LogP contribution in [-0.2, 0) is 14.3 Å². The highest BCUT2D eigenvalue weighted by molar-refractivity contribution is 5.78. The number of methoxy groups -OCH3 is 1. The number of rotatable bonds is 2. The second kappa shape index (κ2) is 3.38. The lowest BCUT2D eigenvalue weighted by atomic mass is 10.1. The van der Waals surface area contributed by atoms with Crippen molar-refractivity contribution in [3.8, 4) is 0 Å². The van der Waals surface area contributed by atoms with Crippen LogP contribution in [0.5, 0.6) is 0 Å². The summed E-state index contributed by atoms with van der Waals surface area (Å²) in [5, 5.41) is 18.4. The van der Waals surface area contributed by atoms with E-state index >= 15 is 0 Å². The van der Waals surface area contributed by atoms with Crippen molar-refractivity contribution < 1.29 is 24.5 Å². The zero-order valence-electron chi connectivity index (χ0n) is 6.93. The first-order valence-corrected chi connectivity index (χ1v) is 3.67.